The monoisotopic (exact) mass is 976 g/mol. The number of carbonyl (C=O) groups is 4. The van der Waals surface area contributed by atoms with Gasteiger partial charge in [-0.2, -0.15) is 39.5 Å². The average molecular weight is 977 g/mol. The molecule has 1 aliphatic rings. The molecule has 0 radical (unpaired) electrons. The van der Waals surface area contributed by atoms with Crippen LogP contribution in [0.1, 0.15) is 87.8 Å². The molecule has 1 heterocycles. The van der Waals surface area contributed by atoms with Crippen molar-refractivity contribution in [2.75, 3.05) is 21.3 Å². The second-order valence-electron chi connectivity index (χ2n) is 15.9. The molecule has 0 N–H and O–H groups in total. The van der Waals surface area contributed by atoms with E-state index in [1.165, 1.54) is 30.3 Å². The number of carbonyl (C=O) groups excluding carboxylic acids is 4. The van der Waals surface area contributed by atoms with Crippen LogP contribution in [-0.2, 0) is 69.1 Å². The van der Waals surface area contributed by atoms with Gasteiger partial charge in [0.25, 0.3) is 16.8 Å². The van der Waals surface area contributed by atoms with Crippen LogP contribution in [0.15, 0.2) is 103 Å². The maximum absolute atomic E-state index is 15.2. The van der Waals surface area contributed by atoms with Gasteiger partial charge in [-0.25, -0.2) is 14.4 Å². The molecule has 20 heteroatoms. The summed E-state index contributed by atoms with van der Waals surface area (Å²) in [4.78, 5) is 55.9. The van der Waals surface area contributed by atoms with E-state index in [-0.39, 0.29) is 12.8 Å². The quantitative estimate of drug-likeness (QED) is 0.0352. The second-order valence-corrected chi connectivity index (χ2v) is 15.9. The molecule has 11 nitrogen and oxygen atoms in total. The molecular formula is C48H53F9O11. The molecule has 0 spiro atoms. The summed E-state index contributed by atoms with van der Waals surface area (Å²) >= 11 is 0. The number of rotatable bonds is 20. The number of hydrogen-bond acceptors (Lipinski definition) is 11. The summed E-state index contributed by atoms with van der Waals surface area (Å²) in [5.74, 6) is -7.79. The minimum Gasteiger partial charge on any atom is -0.462 e. The van der Waals surface area contributed by atoms with Gasteiger partial charge in [0.1, 0.15) is 18.3 Å². The third-order valence-electron chi connectivity index (χ3n) is 11.5. The maximum atomic E-state index is 15.2. The van der Waals surface area contributed by atoms with Crippen molar-refractivity contribution in [2.45, 2.75) is 131 Å². The zero-order valence-electron chi connectivity index (χ0n) is 37.6. The molecular weight excluding hydrogens is 923 g/mol. The predicted octanol–water partition coefficient (Wildman–Crippen LogP) is 10.4. The molecule has 4 rings (SSSR count). The summed E-state index contributed by atoms with van der Waals surface area (Å²) in [7, 11) is 1.64. The summed E-state index contributed by atoms with van der Waals surface area (Å²) < 4.78 is 173. The van der Waals surface area contributed by atoms with E-state index in [4.69, 9.17) is 33.2 Å². The van der Waals surface area contributed by atoms with E-state index in [1.54, 1.807) is 0 Å². The molecule has 3 aromatic carbocycles. The van der Waals surface area contributed by atoms with E-state index in [9.17, 15) is 32.3 Å². The molecule has 0 fully saturated rings. The van der Waals surface area contributed by atoms with Gasteiger partial charge in [0.2, 0.25) is 0 Å². The Kier molecular flexibility index (Phi) is 19.2. The van der Waals surface area contributed by atoms with Crippen molar-refractivity contribution in [2.24, 2.45) is 0 Å². The van der Waals surface area contributed by atoms with Crippen molar-refractivity contribution in [3.8, 4) is 0 Å². The molecule has 374 valence electrons. The standard InChI is InChI=1S/C48H53F9O11/c1-5-6-7-8-9-10-20-27-35-30-38(68-42(61)45(64-4,48(55,56)57)34-25-18-13-19-26-34)37(67-41(60)44(63-3,47(52,53)54)33-23-16-12-17-24-33)29-28-36(31-39(58)65-35)66-40(59)43(62-2,46(49,50)51)32-21-14-11-15-22-32/h11-19,21-26,28-29,35-38H,5-10,20,27,30-31H2,1-4H3/b29-28+/t35-,36-,37+,38+,43-,44-,45-/m0/s1. The first kappa shape index (κ1) is 55.1. The van der Waals surface area contributed by atoms with Crippen LogP contribution in [0.5, 0.6) is 0 Å². The van der Waals surface area contributed by atoms with E-state index >= 15 is 26.3 Å². The molecule has 0 amide bonds. The van der Waals surface area contributed by atoms with Crippen LogP contribution in [0, 0.1) is 0 Å². The summed E-state index contributed by atoms with van der Waals surface area (Å²) in [6.45, 7) is 2.01. The van der Waals surface area contributed by atoms with Crippen molar-refractivity contribution in [1.29, 1.82) is 0 Å². The van der Waals surface area contributed by atoms with Gasteiger partial charge >= 0.3 is 42.4 Å². The maximum Gasteiger partial charge on any atom is 0.432 e. The molecule has 0 saturated carbocycles. The van der Waals surface area contributed by atoms with Gasteiger partial charge in [0.15, 0.2) is 6.10 Å². The Morgan fingerprint density at radius 2 is 0.926 bits per heavy atom. The van der Waals surface area contributed by atoms with Crippen LogP contribution in [-0.4, -0.2) is 88.2 Å². The van der Waals surface area contributed by atoms with Gasteiger partial charge < -0.3 is 33.2 Å². The highest BCUT2D eigenvalue weighted by Crippen LogP contribution is 2.47. The predicted molar refractivity (Wildman–Crippen MR) is 224 cm³/mol. The summed E-state index contributed by atoms with van der Waals surface area (Å²) in [5, 5.41) is 0. The van der Waals surface area contributed by atoms with Crippen molar-refractivity contribution in [3.05, 3.63) is 120 Å². The fourth-order valence-electron chi connectivity index (χ4n) is 7.89. The Morgan fingerprint density at radius 3 is 1.32 bits per heavy atom. The molecule has 7 atom stereocenters. The average Bonchev–Trinajstić information content (AvgIpc) is 3.27. The lowest BCUT2D eigenvalue weighted by Gasteiger charge is -2.37. The zero-order chi connectivity index (χ0) is 50.4. The number of methoxy groups -OCH3 is 3. The number of hydrogen-bond donors (Lipinski definition) is 0. The van der Waals surface area contributed by atoms with Gasteiger partial charge in [-0.3, -0.25) is 4.79 Å². The molecule has 0 bridgehead atoms. The number of esters is 4. The molecule has 0 saturated heterocycles. The first-order valence-corrected chi connectivity index (χ1v) is 21.6. The molecule has 0 unspecified atom stereocenters. The second kappa shape index (κ2) is 23.7. The highest BCUT2D eigenvalue weighted by Gasteiger charge is 2.67. The van der Waals surface area contributed by atoms with E-state index in [2.05, 4.69) is 0 Å². The fourth-order valence-corrected chi connectivity index (χ4v) is 7.89. The van der Waals surface area contributed by atoms with Gasteiger partial charge in [-0.15, -0.1) is 0 Å². The minimum absolute atomic E-state index is 0.112. The molecule has 1 aliphatic heterocycles. The first-order valence-electron chi connectivity index (χ1n) is 21.6. The van der Waals surface area contributed by atoms with Crippen LogP contribution in [0.4, 0.5) is 39.5 Å². The Balaban J connectivity index is 1.94. The van der Waals surface area contributed by atoms with Crippen LogP contribution in [0.2, 0.25) is 0 Å². The van der Waals surface area contributed by atoms with E-state index in [0.717, 1.165) is 86.3 Å². The van der Waals surface area contributed by atoms with Gasteiger partial charge in [0, 0.05) is 44.4 Å². The summed E-state index contributed by atoms with van der Waals surface area (Å²) in [6.07, 6.45) is -20.7. The highest BCUT2D eigenvalue weighted by atomic mass is 19.4. The van der Waals surface area contributed by atoms with E-state index in [0.29, 0.717) is 46.3 Å². The molecule has 3 aromatic rings. The number of halogens is 9. The van der Waals surface area contributed by atoms with E-state index < -0.39 is 113 Å². The number of unbranched alkanes of at least 4 members (excludes halogenated alkanes) is 6. The third-order valence-corrected chi connectivity index (χ3v) is 11.5. The Labute approximate surface area is 387 Å². The lowest BCUT2D eigenvalue weighted by atomic mass is 9.91. The van der Waals surface area contributed by atoms with Gasteiger partial charge in [-0.05, 0) is 25.0 Å². The van der Waals surface area contributed by atoms with Crippen molar-refractivity contribution < 1.29 is 91.8 Å². The molecule has 0 aromatic heterocycles. The first-order chi connectivity index (χ1) is 32.1. The number of cyclic esters (lactones) is 1. The van der Waals surface area contributed by atoms with Crippen LogP contribution in [0.25, 0.3) is 0 Å². The van der Waals surface area contributed by atoms with Crippen molar-refractivity contribution in [1.82, 2.24) is 0 Å². The topological polar surface area (TPSA) is 133 Å². The van der Waals surface area contributed by atoms with Crippen LogP contribution in [0.3, 0.4) is 0 Å². The Morgan fingerprint density at radius 1 is 0.544 bits per heavy atom. The lowest BCUT2D eigenvalue weighted by molar-refractivity contribution is -0.284. The minimum atomic E-state index is -5.62. The highest BCUT2D eigenvalue weighted by molar-refractivity contribution is 5.85. The van der Waals surface area contributed by atoms with Crippen molar-refractivity contribution >= 4 is 23.9 Å². The smallest absolute Gasteiger partial charge is 0.432 e. The summed E-state index contributed by atoms with van der Waals surface area (Å²) in [6, 6.07) is 16.3. The Bertz CT molecular complexity index is 2120. The van der Waals surface area contributed by atoms with Gasteiger partial charge in [-0.1, -0.05) is 136 Å². The number of ether oxygens (including phenoxy) is 7. The largest absolute Gasteiger partial charge is 0.462 e. The summed E-state index contributed by atoms with van der Waals surface area (Å²) in [5.41, 5.74) is -14.1. The number of alkyl halides is 9. The SMILES string of the molecule is CCCCCCCCC[C@H]1C[C@@H](OC(=O)[C@@](OC)(c2ccccc2)C(F)(F)F)[C@H](OC(=O)[C@@](OC)(c2ccccc2)C(F)(F)F)/C=C/[C@H](OC(=O)[C@@](OC)(c2ccccc2)C(F)(F)F)CC(=O)O1. The zero-order valence-corrected chi connectivity index (χ0v) is 37.6. The van der Waals surface area contributed by atoms with Gasteiger partial charge in [0.05, 0.1) is 6.42 Å². The van der Waals surface area contributed by atoms with Crippen molar-refractivity contribution in [3.63, 3.8) is 0 Å². The van der Waals surface area contributed by atoms with E-state index in [1.807, 2.05) is 6.92 Å². The third kappa shape index (κ3) is 12.2. The molecule has 0 aliphatic carbocycles. The number of benzene rings is 3. The fraction of sp³-hybridized carbons (Fsp3) is 0.500. The Hall–Kier alpha value is -5.47. The molecule has 68 heavy (non-hydrogen) atoms. The lowest BCUT2D eigenvalue weighted by Crippen LogP contribution is -2.55. The normalized spacial score (nSPS) is 21.5. The van der Waals surface area contributed by atoms with Crippen LogP contribution < -0.4 is 0 Å². The van der Waals surface area contributed by atoms with Crippen LogP contribution >= 0.6 is 0 Å².